The van der Waals surface area contributed by atoms with Gasteiger partial charge in [0.15, 0.2) is 6.61 Å². The minimum absolute atomic E-state index is 0.0716. The minimum Gasteiger partial charge on any atom is -0.483 e. The van der Waals surface area contributed by atoms with Crippen LogP contribution in [0.4, 0.5) is 5.69 Å². The summed E-state index contributed by atoms with van der Waals surface area (Å²) in [6, 6.07) is 25.5. The van der Waals surface area contributed by atoms with E-state index in [0.717, 1.165) is 10.0 Å². The number of para-hydroxylation sites is 1. The summed E-state index contributed by atoms with van der Waals surface area (Å²) in [5, 5.41) is 15.0. The molecule has 3 aromatic carbocycles. The van der Waals surface area contributed by atoms with Gasteiger partial charge in [0, 0.05) is 22.3 Å². The molecule has 0 aromatic heterocycles. The van der Waals surface area contributed by atoms with Crippen molar-refractivity contribution in [1.29, 1.82) is 5.26 Å². The zero-order valence-electron chi connectivity index (χ0n) is 17.0. The zero-order chi connectivity index (χ0) is 22.8. The summed E-state index contributed by atoms with van der Waals surface area (Å²) in [7, 11) is 0. The number of rotatable bonds is 8. The Balaban J connectivity index is 1.69. The summed E-state index contributed by atoms with van der Waals surface area (Å²) >= 11 is 3.38. The van der Waals surface area contributed by atoms with Crippen LogP contribution < -0.4 is 15.4 Å². The van der Waals surface area contributed by atoms with Gasteiger partial charge in [-0.2, -0.15) is 5.26 Å². The van der Waals surface area contributed by atoms with E-state index in [2.05, 4.69) is 26.6 Å². The van der Waals surface area contributed by atoms with Gasteiger partial charge in [0.05, 0.1) is 0 Å². The van der Waals surface area contributed by atoms with Crippen LogP contribution in [0, 0.1) is 11.3 Å². The van der Waals surface area contributed by atoms with Crippen LogP contribution in [-0.2, 0) is 16.1 Å². The third-order valence-corrected chi connectivity index (χ3v) is 4.84. The summed E-state index contributed by atoms with van der Waals surface area (Å²) in [5.74, 6) is -0.445. The number of benzene rings is 3. The second kappa shape index (κ2) is 11.5. The van der Waals surface area contributed by atoms with Crippen molar-refractivity contribution < 1.29 is 14.3 Å². The summed E-state index contributed by atoms with van der Waals surface area (Å²) in [6.45, 7) is 0.0830. The second-order valence-electron chi connectivity index (χ2n) is 6.72. The Morgan fingerprint density at radius 1 is 1.00 bits per heavy atom. The molecule has 0 radical (unpaired) electrons. The van der Waals surface area contributed by atoms with Crippen LogP contribution in [0.5, 0.6) is 5.75 Å². The number of halogens is 1. The molecule has 0 saturated heterocycles. The molecule has 3 aromatic rings. The number of amides is 2. The highest BCUT2D eigenvalue weighted by Gasteiger charge is 2.12. The number of nitrogens with one attached hydrogen (secondary N) is 2. The predicted octanol–water partition coefficient (Wildman–Crippen LogP) is 4.69. The van der Waals surface area contributed by atoms with E-state index in [4.69, 9.17) is 4.74 Å². The van der Waals surface area contributed by atoms with E-state index in [1.165, 1.54) is 6.08 Å². The Labute approximate surface area is 194 Å². The lowest BCUT2D eigenvalue weighted by molar-refractivity contribution is -0.118. The first-order valence-electron chi connectivity index (χ1n) is 9.76. The molecule has 0 heterocycles. The van der Waals surface area contributed by atoms with Crippen LogP contribution in [-0.4, -0.2) is 18.4 Å². The molecule has 0 aliphatic rings. The number of nitrogens with zero attached hydrogens (tertiary/aromatic N) is 1. The number of carbonyl (C=O) groups is 2. The molecular formula is C25H20BrN3O3. The molecule has 0 atom stereocenters. The number of ether oxygens (including phenoxy) is 1. The fourth-order valence-corrected chi connectivity index (χ4v) is 3.18. The van der Waals surface area contributed by atoms with Gasteiger partial charge in [-0.25, -0.2) is 0 Å². The smallest absolute Gasteiger partial charge is 0.262 e. The van der Waals surface area contributed by atoms with Crippen molar-refractivity contribution >= 4 is 39.5 Å². The van der Waals surface area contributed by atoms with Crippen molar-refractivity contribution in [3.05, 3.63) is 100 Å². The SMILES string of the molecule is N#C/C(=C\c1cc(Br)ccc1OCC(=O)Nc1ccccc1)C(=O)NCc1ccccc1. The number of anilines is 1. The van der Waals surface area contributed by atoms with Gasteiger partial charge in [0.2, 0.25) is 0 Å². The molecule has 3 rings (SSSR count). The Morgan fingerprint density at radius 3 is 2.38 bits per heavy atom. The third-order valence-electron chi connectivity index (χ3n) is 4.35. The first kappa shape index (κ1) is 22.8. The van der Waals surface area contributed by atoms with E-state index in [-0.39, 0.29) is 18.1 Å². The molecule has 0 saturated carbocycles. The molecular weight excluding hydrogens is 470 g/mol. The maximum absolute atomic E-state index is 12.5. The molecule has 0 unspecified atom stereocenters. The Hall–Kier alpha value is -3.89. The van der Waals surface area contributed by atoms with Crippen molar-refractivity contribution in [2.45, 2.75) is 6.54 Å². The van der Waals surface area contributed by atoms with Gasteiger partial charge in [-0.05, 0) is 42.0 Å². The quantitative estimate of drug-likeness (QED) is 0.354. The van der Waals surface area contributed by atoms with Crippen molar-refractivity contribution in [3.63, 3.8) is 0 Å². The topological polar surface area (TPSA) is 91.2 Å². The molecule has 0 bridgehead atoms. The summed E-state index contributed by atoms with van der Waals surface area (Å²) in [6.07, 6.45) is 1.44. The van der Waals surface area contributed by atoms with Crippen molar-refractivity contribution in [2.75, 3.05) is 11.9 Å². The molecule has 0 fully saturated rings. The van der Waals surface area contributed by atoms with Gasteiger partial charge in [-0.3, -0.25) is 9.59 Å². The molecule has 7 heteroatoms. The Kier molecular flexibility index (Phi) is 8.18. The van der Waals surface area contributed by atoms with Gasteiger partial charge < -0.3 is 15.4 Å². The molecule has 0 aliphatic heterocycles. The summed E-state index contributed by atoms with van der Waals surface area (Å²) in [4.78, 5) is 24.7. The number of hydrogen-bond acceptors (Lipinski definition) is 4. The minimum atomic E-state index is -0.496. The summed E-state index contributed by atoms with van der Waals surface area (Å²) in [5.41, 5.74) is 2.02. The van der Waals surface area contributed by atoms with E-state index in [9.17, 15) is 14.9 Å². The summed E-state index contributed by atoms with van der Waals surface area (Å²) < 4.78 is 6.40. The van der Waals surface area contributed by atoms with Crippen molar-refractivity contribution in [3.8, 4) is 11.8 Å². The third kappa shape index (κ3) is 6.83. The maximum Gasteiger partial charge on any atom is 0.262 e. The Bertz CT molecular complexity index is 1160. The zero-order valence-corrected chi connectivity index (χ0v) is 18.6. The number of hydrogen-bond donors (Lipinski definition) is 2. The van der Waals surface area contributed by atoms with E-state index in [0.29, 0.717) is 23.5 Å². The first-order chi connectivity index (χ1) is 15.5. The van der Waals surface area contributed by atoms with Gasteiger partial charge in [-0.15, -0.1) is 0 Å². The lowest BCUT2D eigenvalue weighted by atomic mass is 10.1. The van der Waals surface area contributed by atoms with Crippen molar-refractivity contribution in [2.24, 2.45) is 0 Å². The highest BCUT2D eigenvalue weighted by Crippen LogP contribution is 2.26. The normalized spacial score (nSPS) is 10.7. The molecule has 0 spiro atoms. The molecule has 2 amide bonds. The van der Waals surface area contributed by atoms with Crippen LogP contribution in [0.15, 0.2) is 88.9 Å². The van der Waals surface area contributed by atoms with Crippen LogP contribution in [0.25, 0.3) is 6.08 Å². The van der Waals surface area contributed by atoms with Crippen LogP contribution in [0.1, 0.15) is 11.1 Å². The van der Waals surface area contributed by atoms with Gasteiger partial charge in [0.25, 0.3) is 11.8 Å². The standard InChI is InChI=1S/C25H20BrN3O3/c26-21-11-12-23(32-17-24(30)29-22-9-5-2-6-10-22)19(14-21)13-20(15-27)25(31)28-16-18-7-3-1-4-8-18/h1-14H,16-17H2,(H,28,31)(H,29,30)/b20-13+. The monoisotopic (exact) mass is 489 g/mol. The highest BCUT2D eigenvalue weighted by molar-refractivity contribution is 9.10. The molecule has 0 aliphatic carbocycles. The highest BCUT2D eigenvalue weighted by atomic mass is 79.9. The van der Waals surface area contributed by atoms with Crippen LogP contribution in [0.3, 0.4) is 0 Å². The maximum atomic E-state index is 12.5. The van der Waals surface area contributed by atoms with Gasteiger partial charge >= 0.3 is 0 Å². The predicted molar refractivity (Wildman–Crippen MR) is 127 cm³/mol. The number of nitriles is 1. The largest absolute Gasteiger partial charge is 0.483 e. The van der Waals surface area contributed by atoms with Gasteiger partial charge in [-0.1, -0.05) is 64.5 Å². The van der Waals surface area contributed by atoms with E-state index >= 15 is 0 Å². The Morgan fingerprint density at radius 2 is 1.69 bits per heavy atom. The van der Waals surface area contributed by atoms with Gasteiger partial charge in [0.1, 0.15) is 17.4 Å². The molecule has 2 N–H and O–H groups in total. The van der Waals surface area contributed by atoms with Crippen LogP contribution in [0.2, 0.25) is 0 Å². The average Bonchev–Trinajstić information content (AvgIpc) is 2.81. The van der Waals surface area contributed by atoms with Crippen molar-refractivity contribution in [1.82, 2.24) is 5.32 Å². The molecule has 6 nitrogen and oxygen atoms in total. The lowest BCUT2D eigenvalue weighted by Gasteiger charge is -2.11. The molecule has 32 heavy (non-hydrogen) atoms. The first-order valence-corrected chi connectivity index (χ1v) is 10.6. The number of carbonyl (C=O) groups excluding carboxylic acids is 2. The van der Waals surface area contributed by atoms with Crippen LogP contribution >= 0.6 is 15.9 Å². The fourth-order valence-electron chi connectivity index (χ4n) is 2.80. The van der Waals surface area contributed by atoms with E-state index in [1.807, 2.05) is 54.6 Å². The van der Waals surface area contributed by atoms with E-state index < -0.39 is 5.91 Å². The molecule has 160 valence electrons. The van der Waals surface area contributed by atoms with E-state index in [1.54, 1.807) is 30.3 Å². The second-order valence-corrected chi connectivity index (χ2v) is 7.64. The lowest BCUT2D eigenvalue weighted by Crippen LogP contribution is -2.24. The average molecular weight is 490 g/mol. The fraction of sp³-hybridized carbons (Fsp3) is 0.0800.